The fraction of sp³-hybridized carbons (Fsp3) is 0.389. The van der Waals surface area contributed by atoms with Crippen molar-refractivity contribution in [2.75, 3.05) is 6.54 Å². The lowest BCUT2D eigenvalue weighted by Gasteiger charge is -2.16. The van der Waals surface area contributed by atoms with E-state index in [0.717, 1.165) is 36.5 Å². The monoisotopic (exact) mass is 315 g/mol. The predicted molar refractivity (Wildman–Crippen MR) is 86.1 cm³/mol. The Morgan fingerprint density at radius 2 is 2.17 bits per heavy atom. The van der Waals surface area contributed by atoms with Crippen molar-refractivity contribution in [1.29, 1.82) is 0 Å². The number of aromatic nitrogens is 2. The first kappa shape index (κ1) is 14.6. The Bertz CT molecular complexity index is 772. The zero-order valence-electron chi connectivity index (χ0n) is 13.0. The lowest BCUT2D eigenvalue weighted by atomic mass is 10.0. The Balaban J connectivity index is 1.72. The summed E-state index contributed by atoms with van der Waals surface area (Å²) < 4.78 is 28.9. The van der Waals surface area contributed by atoms with Crippen LogP contribution < -0.4 is 5.32 Å². The van der Waals surface area contributed by atoms with Crippen LogP contribution in [0.4, 0.5) is 8.78 Å². The number of nitrogens with one attached hydrogen (secondary N) is 2. The third-order valence-corrected chi connectivity index (χ3v) is 5.09. The second kappa shape index (κ2) is 4.99. The number of H-pyrrole nitrogens is 1. The lowest BCUT2D eigenvalue weighted by Crippen LogP contribution is -2.17. The number of fused-ring (bicyclic) bond motifs is 1. The summed E-state index contributed by atoms with van der Waals surface area (Å²) >= 11 is 0. The molecule has 4 rings (SSSR count). The van der Waals surface area contributed by atoms with E-state index < -0.39 is 11.8 Å². The first-order chi connectivity index (χ1) is 11.0. The molecule has 3 nitrogen and oxygen atoms in total. The van der Waals surface area contributed by atoms with Gasteiger partial charge < -0.3 is 10.3 Å². The molecule has 1 fully saturated rings. The summed E-state index contributed by atoms with van der Waals surface area (Å²) in [5.41, 5.74) is 2.67. The maximum absolute atomic E-state index is 14.4. The number of hydrogen-bond acceptors (Lipinski definition) is 2. The molecule has 0 saturated carbocycles. The second-order valence-corrected chi connectivity index (χ2v) is 6.46. The van der Waals surface area contributed by atoms with Crippen molar-refractivity contribution in [1.82, 2.24) is 15.3 Å². The molecule has 2 aromatic rings. The number of hydrogen-bond donors (Lipinski definition) is 2. The zero-order valence-corrected chi connectivity index (χ0v) is 13.0. The first-order valence-electron chi connectivity index (χ1n) is 7.98. The third-order valence-electron chi connectivity index (χ3n) is 5.09. The fourth-order valence-corrected chi connectivity index (χ4v) is 3.53. The van der Waals surface area contributed by atoms with Crippen LogP contribution in [0.5, 0.6) is 0 Å². The third kappa shape index (κ3) is 2.14. The lowest BCUT2D eigenvalue weighted by molar-refractivity contribution is -0.0296. The molecule has 2 heterocycles. The number of halogens is 2. The van der Waals surface area contributed by atoms with Crippen molar-refractivity contribution in [3.63, 3.8) is 0 Å². The molecule has 1 aromatic heterocycles. The van der Waals surface area contributed by atoms with E-state index in [9.17, 15) is 8.78 Å². The largest absolute Gasteiger partial charge is 0.341 e. The smallest absolute Gasteiger partial charge is 0.280 e. The van der Waals surface area contributed by atoms with Crippen molar-refractivity contribution < 1.29 is 8.78 Å². The Kier molecular flexibility index (Phi) is 3.17. The van der Waals surface area contributed by atoms with Gasteiger partial charge in [0.2, 0.25) is 0 Å². The van der Waals surface area contributed by atoms with E-state index in [-0.39, 0.29) is 11.6 Å². The van der Waals surface area contributed by atoms with E-state index in [1.807, 2.05) is 6.07 Å². The standard InChI is InChI=1S/C18H19F2N3/c1-10-11(2)18(19,20)14-8-12(5-6-13(10)14)16-9-22-17(23-16)15-4-3-7-21-15/h5-6,8-9,11,15,21H,1,3-4,7H2,2H3,(H,22,23). The quantitative estimate of drug-likeness (QED) is 0.869. The number of allylic oxidation sites excluding steroid dienone is 1. The summed E-state index contributed by atoms with van der Waals surface area (Å²) in [6.45, 7) is 6.34. The van der Waals surface area contributed by atoms with Crippen molar-refractivity contribution in [3.8, 4) is 11.3 Å². The average Bonchev–Trinajstić information content (AvgIpc) is 3.25. The second-order valence-electron chi connectivity index (χ2n) is 6.46. The highest BCUT2D eigenvalue weighted by molar-refractivity contribution is 5.77. The highest BCUT2D eigenvalue weighted by Crippen LogP contribution is 2.52. The molecule has 120 valence electrons. The van der Waals surface area contributed by atoms with Gasteiger partial charge in [-0.2, -0.15) is 0 Å². The molecule has 2 aliphatic rings. The van der Waals surface area contributed by atoms with Gasteiger partial charge >= 0.3 is 0 Å². The van der Waals surface area contributed by atoms with Crippen LogP contribution in [0, 0.1) is 5.92 Å². The molecule has 1 aromatic carbocycles. The average molecular weight is 315 g/mol. The van der Waals surface area contributed by atoms with Crippen molar-refractivity contribution in [2.45, 2.75) is 31.7 Å². The number of rotatable bonds is 2. The van der Waals surface area contributed by atoms with Crippen LogP contribution in [0.1, 0.15) is 42.8 Å². The number of imidazole rings is 1. The van der Waals surface area contributed by atoms with Crippen LogP contribution in [0.25, 0.3) is 16.8 Å². The minimum absolute atomic E-state index is 0.0719. The maximum Gasteiger partial charge on any atom is 0.280 e. The number of benzene rings is 1. The van der Waals surface area contributed by atoms with Crippen LogP contribution >= 0.6 is 0 Å². The molecule has 0 spiro atoms. The molecule has 0 amide bonds. The van der Waals surface area contributed by atoms with Crippen molar-refractivity contribution >= 4 is 5.57 Å². The van der Waals surface area contributed by atoms with Gasteiger partial charge in [0.25, 0.3) is 5.92 Å². The van der Waals surface area contributed by atoms with E-state index in [2.05, 4.69) is 21.9 Å². The van der Waals surface area contributed by atoms with E-state index in [1.54, 1.807) is 18.3 Å². The number of alkyl halides is 2. The summed E-state index contributed by atoms with van der Waals surface area (Å²) in [5, 5.41) is 3.38. The molecule has 0 bridgehead atoms. The molecule has 1 aliphatic carbocycles. The van der Waals surface area contributed by atoms with Crippen LogP contribution in [0.2, 0.25) is 0 Å². The van der Waals surface area contributed by atoms with E-state index in [4.69, 9.17) is 0 Å². The van der Waals surface area contributed by atoms with Gasteiger partial charge in [0.1, 0.15) is 5.82 Å². The molecule has 1 saturated heterocycles. The van der Waals surface area contributed by atoms with Crippen LogP contribution in [-0.4, -0.2) is 16.5 Å². The van der Waals surface area contributed by atoms with Crippen LogP contribution in [0.15, 0.2) is 31.0 Å². The minimum Gasteiger partial charge on any atom is -0.341 e. The van der Waals surface area contributed by atoms with Crippen molar-refractivity contribution in [3.05, 3.63) is 47.9 Å². The Labute approximate surface area is 133 Å². The summed E-state index contributed by atoms with van der Waals surface area (Å²) in [6, 6.07) is 5.42. The highest BCUT2D eigenvalue weighted by Gasteiger charge is 2.48. The topological polar surface area (TPSA) is 40.7 Å². The minimum atomic E-state index is -2.86. The van der Waals surface area contributed by atoms with Gasteiger partial charge in [-0.1, -0.05) is 25.6 Å². The maximum atomic E-state index is 14.4. The van der Waals surface area contributed by atoms with Gasteiger partial charge in [-0.15, -0.1) is 0 Å². The molecule has 0 radical (unpaired) electrons. The van der Waals surface area contributed by atoms with Gasteiger partial charge in [-0.25, -0.2) is 13.8 Å². The van der Waals surface area contributed by atoms with Crippen molar-refractivity contribution in [2.24, 2.45) is 5.92 Å². The summed E-state index contributed by atoms with van der Waals surface area (Å²) in [7, 11) is 0. The molecule has 2 atom stereocenters. The Morgan fingerprint density at radius 3 is 2.91 bits per heavy atom. The highest BCUT2D eigenvalue weighted by atomic mass is 19.3. The first-order valence-corrected chi connectivity index (χ1v) is 7.98. The molecular formula is C18H19F2N3. The summed E-state index contributed by atoms with van der Waals surface area (Å²) in [5.74, 6) is -2.84. The van der Waals surface area contributed by atoms with E-state index >= 15 is 0 Å². The summed E-state index contributed by atoms with van der Waals surface area (Å²) in [4.78, 5) is 7.68. The fourth-order valence-electron chi connectivity index (χ4n) is 3.53. The molecule has 2 N–H and O–H groups in total. The Morgan fingerprint density at radius 1 is 1.35 bits per heavy atom. The zero-order chi connectivity index (χ0) is 16.2. The van der Waals surface area contributed by atoms with Gasteiger partial charge in [0.15, 0.2) is 0 Å². The predicted octanol–water partition coefficient (Wildman–Crippen LogP) is 4.26. The normalized spacial score (nSPS) is 25.8. The Hall–Kier alpha value is -2.01. The van der Waals surface area contributed by atoms with Gasteiger partial charge in [-0.3, -0.25) is 0 Å². The summed E-state index contributed by atoms with van der Waals surface area (Å²) in [6.07, 6.45) is 3.90. The molecule has 1 aliphatic heterocycles. The number of aromatic amines is 1. The molecular weight excluding hydrogens is 296 g/mol. The van der Waals surface area contributed by atoms with E-state index in [1.165, 1.54) is 6.92 Å². The van der Waals surface area contributed by atoms with Crippen LogP contribution in [-0.2, 0) is 5.92 Å². The molecule has 23 heavy (non-hydrogen) atoms. The number of nitrogens with zero attached hydrogens (tertiary/aromatic N) is 1. The van der Waals surface area contributed by atoms with Gasteiger partial charge in [0.05, 0.1) is 17.9 Å². The van der Waals surface area contributed by atoms with E-state index in [0.29, 0.717) is 11.1 Å². The van der Waals surface area contributed by atoms with Gasteiger partial charge in [-0.05, 0) is 36.6 Å². The molecule has 2 unspecified atom stereocenters. The van der Waals surface area contributed by atoms with Gasteiger partial charge in [0, 0.05) is 17.0 Å². The molecule has 5 heteroatoms. The SMILES string of the molecule is C=C1c2ccc(-c3cnc(C4CCCN4)[nH]3)cc2C(F)(F)C1C. The van der Waals surface area contributed by atoms with Crippen LogP contribution in [0.3, 0.4) is 0 Å².